The summed E-state index contributed by atoms with van der Waals surface area (Å²) in [5.41, 5.74) is 3.90. The second-order valence-corrected chi connectivity index (χ2v) is 4.55. The van der Waals surface area contributed by atoms with E-state index in [4.69, 9.17) is 5.11 Å². The van der Waals surface area contributed by atoms with Gasteiger partial charge in [0.15, 0.2) is 0 Å². The van der Waals surface area contributed by atoms with Crippen LogP contribution in [0.5, 0.6) is 0 Å². The Bertz CT molecular complexity index is 418. The molecule has 0 saturated carbocycles. The van der Waals surface area contributed by atoms with Gasteiger partial charge in [-0.2, -0.15) is 0 Å². The van der Waals surface area contributed by atoms with E-state index in [0.29, 0.717) is 0 Å². The molecule has 92 valence electrons. The number of hydrogen-bond acceptors (Lipinski definition) is 3. The molecular weight excluding hydrogens is 216 g/mol. The van der Waals surface area contributed by atoms with Crippen molar-refractivity contribution >= 4 is 11.7 Å². The molecule has 2 N–H and O–H groups in total. The number of carboxylic acids is 1. The molecule has 1 aromatic carbocycles. The molecule has 0 atom stereocenters. The quantitative estimate of drug-likeness (QED) is 0.804. The minimum Gasteiger partial charge on any atom is -0.480 e. The third kappa shape index (κ3) is 3.20. The van der Waals surface area contributed by atoms with E-state index >= 15 is 0 Å². The number of fused-ring (bicyclic) bond motifs is 1. The molecule has 0 saturated heterocycles. The molecule has 0 radical (unpaired) electrons. The van der Waals surface area contributed by atoms with Crippen LogP contribution < -0.4 is 5.32 Å². The Morgan fingerprint density at radius 1 is 1.53 bits per heavy atom. The molecule has 0 bridgehead atoms. The summed E-state index contributed by atoms with van der Waals surface area (Å²) in [6, 6.07) is 6.46. The molecule has 4 heteroatoms. The highest BCUT2D eigenvalue weighted by Gasteiger charge is 2.10. The summed E-state index contributed by atoms with van der Waals surface area (Å²) in [6.07, 6.45) is 1.99. The number of aliphatic carboxylic acids is 1. The molecule has 1 aromatic rings. The predicted octanol–water partition coefficient (Wildman–Crippen LogP) is 1.21. The number of likely N-dealkylation sites (N-methyl/N-ethyl adjacent to an activating group) is 1. The van der Waals surface area contributed by atoms with E-state index in [1.54, 1.807) is 0 Å². The number of nitrogens with one attached hydrogen (secondary N) is 1. The van der Waals surface area contributed by atoms with Gasteiger partial charge in [0, 0.05) is 18.8 Å². The number of anilines is 1. The summed E-state index contributed by atoms with van der Waals surface area (Å²) in [7, 11) is 1.84. The minimum absolute atomic E-state index is 0.104. The molecule has 1 heterocycles. The summed E-state index contributed by atoms with van der Waals surface area (Å²) in [4.78, 5) is 12.4. The molecule has 4 nitrogen and oxygen atoms in total. The lowest BCUT2D eigenvalue weighted by Gasteiger charge is -2.14. The number of benzene rings is 1. The van der Waals surface area contributed by atoms with E-state index < -0.39 is 5.97 Å². The van der Waals surface area contributed by atoms with Crippen LogP contribution in [0, 0.1) is 0 Å². The van der Waals surface area contributed by atoms with Crippen molar-refractivity contribution in [1.82, 2.24) is 4.90 Å². The smallest absolute Gasteiger partial charge is 0.317 e. The number of hydrogen-bond donors (Lipinski definition) is 2. The molecule has 2 rings (SSSR count). The third-order valence-corrected chi connectivity index (χ3v) is 3.07. The van der Waals surface area contributed by atoms with Gasteiger partial charge >= 0.3 is 5.97 Å². The fourth-order valence-electron chi connectivity index (χ4n) is 2.14. The zero-order chi connectivity index (χ0) is 12.3. The van der Waals surface area contributed by atoms with Gasteiger partial charge in [-0.25, -0.2) is 0 Å². The van der Waals surface area contributed by atoms with Crippen LogP contribution in [0.25, 0.3) is 0 Å². The second kappa shape index (κ2) is 5.19. The van der Waals surface area contributed by atoms with Gasteiger partial charge in [-0.3, -0.25) is 9.69 Å². The molecule has 0 unspecified atom stereocenters. The van der Waals surface area contributed by atoms with Crippen LogP contribution in [0.3, 0.4) is 0 Å². The van der Waals surface area contributed by atoms with E-state index in [-0.39, 0.29) is 6.54 Å². The van der Waals surface area contributed by atoms with Gasteiger partial charge in [0.2, 0.25) is 0 Å². The van der Waals surface area contributed by atoms with E-state index in [0.717, 1.165) is 25.9 Å². The molecule has 0 spiro atoms. The summed E-state index contributed by atoms with van der Waals surface area (Å²) >= 11 is 0. The fraction of sp³-hybridized carbons (Fsp3) is 0.462. The standard InChI is InChI=1S/C13H18N2O2/c1-15(9-13(16)17)7-5-10-2-3-12-11(8-10)4-6-14-12/h2-3,8,14H,4-7,9H2,1H3,(H,16,17). The molecule has 1 aliphatic rings. The highest BCUT2D eigenvalue weighted by atomic mass is 16.4. The Balaban J connectivity index is 1.89. The molecule has 17 heavy (non-hydrogen) atoms. The van der Waals surface area contributed by atoms with E-state index in [1.807, 2.05) is 11.9 Å². The lowest BCUT2D eigenvalue weighted by molar-refractivity contribution is -0.137. The summed E-state index contributed by atoms with van der Waals surface area (Å²) in [6.45, 7) is 1.91. The maximum atomic E-state index is 10.5. The first-order valence-corrected chi connectivity index (χ1v) is 5.91. The summed E-state index contributed by atoms with van der Waals surface area (Å²) in [5.74, 6) is -0.773. The molecular formula is C13H18N2O2. The van der Waals surface area contributed by atoms with Crippen LogP contribution in [0.4, 0.5) is 5.69 Å². The van der Waals surface area contributed by atoms with Crippen LogP contribution in [0.15, 0.2) is 18.2 Å². The van der Waals surface area contributed by atoms with Crippen LogP contribution >= 0.6 is 0 Å². The van der Waals surface area contributed by atoms with Crippen molar-refractivity contribution in [2.45, 2.75) is 12.8 Å². The SMILES string of the molecule is CN(CCc1ccc2c(c1)CCN2)CC(=O)O. The van der Waals surface area contributed by atoms with Gasteiger partial charge in [0.05, 0.1) is 6.54 Å². The maximum Gasteiger partial charge on any atom is 0.317 e. The molecule has 0 aromatic heterocycles. The maximum absolute atomic E-state index is 10.5. The topological polar surface area (TPSA) is 52.6 Å². The Kier molecular flexibility index (Phi) is 3.64. The highest BCUT2D eigenvalue weighted by molar-refractivity contribution is 5.69. The summed E-state index contributed by atoms with van der Waals surface area (Å²) < 4.78 is 0. The van der Waals surface area contributed by atoms with Gasteiger partial charge in [0.1, 0.15) is 0 Å². The van der Waals surface area contributed by atoms with Gasteiger partial charge in [0.25, 0.3) is 0 Å². The van der Waals surface area contributed by atoms with Crippen LogP contribution in [-0.4, -0.2) is 42.7 Å². The van der Waals surface area contributed by atoms with Crippen molar-refractivity contribution in [2.75, 3.05) is 32.0 Å². The van der Waals surface area contributed by atoms with Crippen molar-refractivity contribution in [3.05, 3.63) is 29.3 Å². The van der Waals surface area contributed by atoms with Crippen LogP contribution in [-0.2, 0) is 17.6 Å². The zero-order valence-corrected chi connectivity index (χ0v) is 10.1. The average molecular weight is 234 g/mol. The average Bonchev–Trinajstić information content (AvgIpc) is 2.72. The lowest BCUT2D eigenvalue weighted by atomic mass is 10.1. The fourth-order valence-corrected chi connectivity index (χ4v) is 2.14. The third-order valence-electron chi connectivity index (χ3n) is 3.07. The Hall–Kier alpha value is -1.55. The van der Waals surface area contributed by atoms with Gasteiger partial charge in [-0.05, 0) is 37.1 Å². The first-order chi connectivity index (χ1) is 8.15. The predicted molar refractivity (Wildman–Crippen MR) is 67.5 cm³/mol. The van der Waals surface area contributed by atoms with E-state index in [9.17, 15) is 4.79 Å². The number of carboxylic acid groups (broad SMARTS) is 1. The van der Waals surface area contributed by atoms with Crippen molar-refractivity contribution in [1.29, 1.82) is 0 Å². The van der Waals surface area contributed by atoms with Gasteiger partial charge in [-0.1, -0.05) is 12.1 Å². The Morgan fingerprint density at radius 3 is 3.12 bits per heavy atom. The van der Waals surface area contributed by atoms with E-state index in [1.165, 1.54) is 16.8 Å². The molecule has 1 aliphatic heterocycles. The number of carbonyl (C=O) groups is 1. The highest BCUT2D eigenvalue weighted by Crippen LogP contribution is 2.23. The van der Waals surface area contributed by atoms with Gasteiger partial charge in [-0.15, -0.1) is 0 Å². The molecule has 0 amide bonds. The van der Waals surface area contributed by atoms with Gasteiger partial charge < -0.3 is 10.4 Å². The first-order valence-electron chi connectivity index (χ1n) is 5.91. The molecule has 0 fully saturated rings. The molecule has 0 aliphatic carbocycles. The normalized spacial score (nSPS) is 13.5. The largest absolute Gasteiger partial charge is 0.480 e. The van der Waals surface area contributed by atoms with E-state index in [2.05, 4.69) is 23.5 Å². The van der Waals surface area contributed by atoms with Crippen molar-refractivity contribution in [2.24, 2.45) is 0 Å². The zero-order valence-electron chi connectivity index (χ0n) is 10.1. The van der Waals surface area contributed by atoms with Crippen molar-refractivity contribution < 1.29 is 9.90 Å². The summed E-state index contributed by atoms with van der Waals surface area (Å²) in [5, 5.41) is 12.0. The van der Waals surface area contributed by atoms with Crippen LogP contribution in [0.2, 0.25) is 0 Å². The Labute approximate surface area is 101 Å². The second-order valence-electron chi connectivity index (χ2n) is 4.55. The monoisotopic (exact) mass is 234 g/mol. The number of rotatable bonds is 5. The Morgan fingerprint density at radius 2 is 2.35 bits per heavy atom. The van der Waals surface area contributed by atoms with Crippen molar-refractivity contribution in [3.8, 4) is 0 Å². The van der Waals surface area contributed by atoms with Crippen LogP contribution in [0.1, 0.15) is 11.1 Å². The van der Waals surface area contributed by atoms with Crippen molar-refractivity contribution in [3.63, 3.8) is 0 Å². The lowest BCUT2D eigenvalue weighted by Crippen LogP contribution is -2.27. The first kappa shape index (κ1) is 11.9. The minimum atomic E-state index is -0.773. The number of nitrogens with zero attached hydrogens (tertiary/aromatic N) is 1.